The summed E-state index contributed by atoms with van der Waals surface area (Å²) in [5.41, 5.74) is 0.852. The topological polar surface area (TPSA) is 145 Å². The lowest BCUT2D eigenvalue weighted by atomic mass is 10.1. The zero-order valence-corrected chi connectivity index (χ0v) is 16.7. The molecule has 2 aromatic carbocycles. The molecule has 0 atom stereocenters. The Bertz CT molecular complexity index is 1040. The van der Waals surface area contributed by atoms with Crippen LogP contribution in [0.5, 0.6) is 0 Å². The maximum absolute atomic E-state index is 12.7. The summed E-state index contributed by atoms with van der Waals surface area (Å²) in [4.78, 5) is 35.5. The van der Waals surface area contributed by atoms with Crippen LogP contribution in [0.1, 0.15) is 0 Å². The zero-order chi connectivity index (χ0) is 21.6. The third kappa shape index (κ3) is 5.90. The molecule has 0 heterocycles. The molecule has 10 nitrogen and oxygen atoms in total. The van der Waals surface area contributed by atoms with E-state index >= 15 is 0 Å². The fraction of sp³-hybridized carbons (Fsp3) is 0.278. The van der Waals surface area contributed by atoms with Crippen molar-refractivity contribution in [2.24, 2.45) is 0 Å². The first-order chi connectivity index (χ1) is 13.6. The molecule has 0 aliphatic carbocycles. The van der Waals surface area contributed by atoms with E-state index in [1.54, 1.807) is 18.2 Å². The van der Waals surface area contributed by atoms with Crippen LogP contribution in [0.15, 0.2) is 41.3 Å². The van der Waals surface area contributed by atoms with Crippen molar-refractivity contribution < 1.29 is 27.9 Å². The van der Waals surface area contributed by atoms with Crippen LogP contribution in [-0.4, -0.2) is 65.0 Å². The van der Waals surface area contributed by atoms with E-state index < -0.39 is 47.4 Å². The molecule has 0 aromatic heterocycles. The van der Waals surface area contributed by atoms with E-state index in [1.165, 1.54) is 6.07 Å². The molecule has 29 heavy (non-hydrogen) atoms. The summed E-state index contributed by atoms with van der Waals surface area (Å²) in [5.74, 6) is -2.65. The second-order valence-electron chi connectivity index (χ2n) is 6.29. The molecule has 156 valence electrons. The highest BCUT2D eigenvalue weighted by Gasteiger charge is 2.19. The van der Waals surface area contributed by atoms with Crippen LogP contribution in [0.3, 0.4) is 0 Å². The van der Waals surface area contributed by atoms with E-state index in [0.717, 1.165) is 11.1 Å². The van der Waals surface area contributed by atoms with Crippen LogP contribution in [0.4, 0.5) is 5.69 Å². The van der Waals surface area contributed by atoms with E-state index in [2.05, 4.69) is 15.4 Å². The van der Waals surface area contributed by atoms with Crippen molar-refractivity contribution in [1.82, 2.24) is 15.4 Å². The number of benzene rings is 2. The Labute approximate surface area is 167 Å². The normalized spacial score (nSPS) is 11.1. The third-order valence-corrected chi connectivity index (χ3v) is 5.40. The summed E-state index contributed by atoms with van der Waals surface area (Å²) < 4.78 is 27.6. The number of nitrogens with one attached hydrogen (secondary N) is 3. The summed E-state index contributed by atoms with van der Waals surface area (Å²) in [7, 11) is -0.287. The highest BCUT2D eigenvalue weighted by atomic mass is 32.2. The van der Waals surface area contributed by atoms with Gasteiger partial charge >= 0.3 is 5.97 Å². The molecule has 4 N–H and O–H groups in total. The van der Waals surface area contributed by atoms with Crippen molar-refractivity contribution in [2.45, 2.75) is 4.90 Å². The van der Waals surface area contributed by atoms with E-state index in [0.29, 0.717) is 5.39 Å². The van der Waals surface area contributed by atoms with Crippen LogP contribution >= 0.6 is 0 Å². The number of nitrogens with zero attached hydrogens (tertiary/aromatic N) is 1. The Morgan fingerprint density at radius 3 is 2.14 bits per heavy atom. The number of carboxylic acid groups (broad SMARTS) is 1. The first-order valence-corrected chi connectivity index (χ1v) is 10.0. The third-order valence-electron chi connectivity index (χ3n) is 3.94. The van der Waals surface area contributed by atoms with Gasteiger partial charge in [0.25, 0.3) is 0 Å². The Hall–Kier alpha value is -3.18. The number of carbonyl (C=O) groups is 3. The van der Waals surface area contributed by atoms with Crippen LogP contribution in [0.2, 0.25) is 0 Å². The molecule has 0 saturated carbocycles. The van der Waals surface area contributed by atoms with Gasteiger partial charge < -0.3 is 20.6 Å². The second-order valence-corrected chi connectivity index (χ2v) is 8.03. The number of sulfonamides is 1. The van der Waals surface area contributed by atoms with Crippen LogP contribution in [-0.2, 0) is 24.4 Å². The predicted octanol–water partition coefficient (Wildman–Crippen LogP) is -0.499. The standard InChI is InChI=1S/C18H22N4O6S/c1-22(2)14-7-3-6-13-12(14)5-4-8-15(13)29(27,28)21-10-17(24)19-9-16(23)20-11-18(25)26/h3-8,21H,9-11H2,1-2H3,(H,19,24)(H,20,23)(H,25,26). The summed E-state index contributed by atoms with van der Waals surface area (Å²) in [6.45, 7) is -1.61. The zero-order valence-electron chi connectivity index (χ0n) is 15.9. The number of aliphatic carboxylic acids is 1. The fourth-order valence-electron chi connectivity index (χ4n) is 2.61. The van der Waals surface area contributed by atoms with Crippen LogP contribution < -0.4 is 20.3 Å². The van der Waals surface area contributed by atoms with Crippen molar-refractivity contribution in [3.05, 3.63) is 36.4 Å². The minimum absolute atomic E-state index is 0.0331. The lowest BCUT2D eigenvalue weighted by Crippen LogP contribution is -2.42. The number of carboxylic acids is 1. The highest BCUT2D eigenvalue weighted by Crippen LogP contribution is 2.29. The minimum atomic E-state index is -3.99. The van der Waals surface area contributed by atoms with E-state index in [1.807, 2.05) is 31.1 Å². The molecule has 2 rings (SSSR count). The van der Waals surface area contributed by atoms with Crippen molar-refractivity contribution in [2.75, 3.05) is 38.6 Å². The molecule has 0 unspecified atom stereocenters. The highest BCUT2D eigenvalue weighted by molar-refractivity contribution is 7.89. The molecule has 11 heteroatoms. The Kier molecular flexibility index (Phi) is 7.13. The smallest absolute Gasteiger partial charge is 0.322 e. The average molecular weight is 422 g/mol. The van der Waals surface area contributed by atoms with Crippen LogP contribution in [0, 0.1) is 0 Å². The minimum Gasteiger partial charge on any atom is -0.480 e. The maximum Gasteiger partial charge on any atom is 0.322 e. The quantitative estimate of drug-likeness (QED) is 0.426. The predicted molar refractivity (Wildman–Crippen MR) is 107 cm³/mol. The van der Waals surface area contributed by atoms with Crippen LogP contribution in [0.25, 0.3) is 10.8 Å². The molecule has 2 aromatic rings. The number of amides is 2. The summed E-state index contributed by atoms with van der Waals surface area (Å²) in [5, 5.41) is 14.0. The molecule has 0 aliphatic heterocycles. The number of hydrogen-bond acceptors (Lipinski definition) is 6. The largest absolute Gasteiger partial charge is 0.480 e. The monoisotopic (exact) mass is 422 g/mol. The number of fused-ring (bicyclic) bond motifs is 1. The number of hydrogen-bond donors (Lipinski definition) is 4. The van der Waals surface area contributed by atoms with Gasteiger partial charge in [0.05, 0.1) is 18.0 Å². The van der Waals surface area contributed by atoms with Gasteiger partial charge in [-0.25, -0.2) is 13.1 Å². The van der Waals surface area contributed by atoms with E-state index in [9.17, 15) is 22.8 Å². The van der Waals surface area contributed by atoms with Gasteiger partial charge in [0.15, 0.2) is 0 Å². The first-order valence-electron chi connectivity index (χ1n) is 8.55. The summed E-state index contributed by atoms with van der Waals surface area (Å²) in [6, 6.07) is 10.2. The van der Waals surface area contributed by atoms with Gasteiger partial charge in [-0.05, 0) is 12.1 Å². The molecule has 0 aliphatic rings. The first kappa shape index (κ1) is 22.1. The van der Waals surface area contributed by atoms with Gasteiger partial charge in [-0.15, -0.1) is 0 Å². The molecule has 0 bridgehead atoms. The van der Waals surface area contributed by atoms with Gasteiger partial charge in [0.2, 0.25) is 21.8 Å². The fourth-order valence-corrected chi connectivity index (χ4v) is 3.81. The van der Waals surface area contributed by atoms with Crippen molar-refractivity contribution in [3.63, 3.8) is 0 Å². The van der Waals surface area contributed by atoms with Gasteiger partial charge in [0.1, 0.15) is 6.54 Å². The molecular weight excluding hydrogens is 400 g/mol. The van der Waals surface area contributed by atoms with Gasteiger partial charge in [0, 0.05) is 30.6 Å². The maximum atomic E-state index is 12.7. The average Bonchev–Trinajstić information content (AvgIpc) is 2.68. The molecule has 0 radical (unpaired) electrons. The Balaban J connectivity index is 2.07. The van der Waals surface area contributed by atoms with Crippen molar-refractivity contribution in [1.29, 1.82) is 0 Å². The van der Waals surface area contributed by atoms with E-state index in [-0.39, 0.29) is 4.90 Å². The summed E-state index contributed by atoms with van der Waals surface area (Å²) >= 11 is 0. The molecule has 0 saturated heterocycles. The Morgan fingerprint density at radius 1 is 0.897 bits per heavy atom. The lowest BCUT2D eigenvalue weighted by molar-refractivity contribution is -0.137. The number of anilines is 1. The van der Waals surface area contributed by atoms with Gasteiger partial charge in [-0.1, -0.05) is 24.3 Å². The lowest BCUT2D eigenvalue weighted by Gasteiger charge is -2.17. The molecule has 0 fully saturated rings. The van der Waals surface area contributed by atoms with E-state index in [4.69, 9.17) is 5.11 Å². The van der Waals surface area contributed by atoms with Gasteiger partial charge in [-0.3, -0.25) is 14.4 Å². The number of rotatable bonds is 9. The van der Waals surface area contributed by atoms with Crippen molar-refractivity contribution in [3.8, 4) is 0 Å². The summed E-state index contributed by atoms with van der Waals surface area (Å²) in [6.07, 6.45) is 0. The molecule has 2 amide bonds. The SMILES string of the molecule is CN(C)c1cccc2c(S(=O)(=O)NCC(=O)NCC(=O)NCC(=O)O)cccc12. The van der Waals surface area contributed by atoms with Gasteiger partial charge in [-0.2, -0.15) is 0 Å². The molecular formula is C18H22N4O6S. The number of carbonyl (C=O) groups excluding carboxylic acids is 2. The van der Waals surface area contributed by atoms with Crippen molar-refractivity contribution >= 4 is 44.3 Å². The molecule has 0 spiro atoms. The second kappa shape index (κ2) is 9.34. The Morgan fingerprint density at radius 2 is 1.48 bits per heavy atom.